The Hall–Kier alpha value is -0.870. The smallest absolute Gasteiger partial charge is 0.191 e. The number of hydrogen-bond donors (Lipinski definition) is 2. The van der Waals surface area contributed by atoms with Gasteiger partial charge >= 0.3 is 0 Å². The van der Waals surface area contributed by atoms with Gasteiger partial charge in [0.2, 0.25) is 0 Å². The number of halogens is 1. The Morgan fingerprint density at radius 3 is 2.66 bits per heavy atom. The summed E-state index contributed by atoms with van der Waals surface area (Å²) in [4.78, 5) is 6.66. The highest BCUT2D eigenvalue weighted by molar-refractivity contribution is 14.0. The maximum Gasteiger partial charge on any atom is 0.191 e. The largest absolute Gasteiger partial charge is 0.493 e. The molecule has 1 aromatic carbocycles. The van der Waals surface area contributed by atoms with E-state index in [1.54, 1.807) is 7.11 Å². The average molecular weight is 537 g/mol. The Morgan fingerprint density at radius 1 is 1.24 bits per heavy atom. The molecule has 1 aliphatic heterocycles. The van der Waals surface area contributed by atoms with Crippen LogP contribution in [0.2, 0.25) is 0 Å². The first kappa shape index (κ1) is 26.2. The molecule has 2 N–H and O–H groups in total. The molecule has 8 heteroatoms. The van der Waals surface area contributed by atoms with Gasteiger partial charge in [-0.05, 0) is 49.4 Å². The molecular formula is C21H37IN4O2S. The molecule has 1 aromatic rings. The standard InChI is InChI=1S/C21H36N4O2S.HI/c1-5-25(6-2)11-12-27-19-10-9-17(14-20(19)26-4)15-23-21(22-3)24-16-18-8-7-13-28-18;/h9-10,14,18H,5-8,11-13,15-16H2,1-4H3,(H2,22,23,24);1H. The molecule has 0 bridgehead atoms. The third kappa shape index (κ3) is 9.21. The van der Waals surface area contributed by atoms with Crippen molar-refractivity contribution in [3.63, 3.8) is 0 Å². The summed E-state index contributed by atoms with van der Waals surface area (Å²) >= 11 is 2.05. The van der Waals surface area contributed by atoms with Gasteiger partial charge in [-0.1, -0.05) is 19.9 Å². The predicted octanol–water partition coefficient (Wildman–Crippen LogP) is 3.59. The van der Waals surface area contributed by atoms with Crippen LogP contribution in [0.25, 0.3) is 0 Å². The van der Waals surface area contributed by atoms with Crippen molar-refractivity contribution >= 4 is 41.7 Å². The van der Waals surface area contributed by atoms with Gasteiger partial charge in [0.15, 0.2) is 17.5 Å². The summed E-state index contributed by atoms with van der Waals surface area (Å²) in [5.74, 6) is 3.68. The van der Waals surface area contributed by atoms with Crippen LogP contribution in [0, 0.1) is 0 Å². The molecule has 29 heavy (non-hydrogen) atoms. The van der Waals surface area contributed by atoms with Crippen LogP contribution in [-0.4, -0.2) is 68.8 Å². The van der Waals surface area contributed by atoms with Crippen molar-refractivity contribution in [2.24, 2.45) is 4.99 Å². The Kier molecular flexibility index (Phi) is 13.5. The molecule has 0 aromatic heterocycles. The lowest BCUT2D eigenvalue weighted by Crippen LogP contribution is -2.39. The van der Waals surface area contributed by atoms with Crippen LogP contribution in [-0.2, 0) is 6.54 Å². The van der Waals surface area contributed by atoms with Gasteiger partial charge in [-0.25, -0.2) is 0 Å². The van der Waals surface area contributed by atoms with E-state index in [9.17, 15) is 0 Å². The molecule has 2 rings (SSSR count). The van der Waals surface area contributed by atoms with Gasteiger partial charge in [0.25, 0.3) is 0 Å². The lowest BCUT2D eigenvalue weighted by molar-refractivity contribution is 0.217. The number of benzene rings is 1. The minimum Gasteiger partial charge on any atom is -0.493 e. The molecule has 0 spiro atoms. The topological polar surface area (TPSA) is 58.1 Å². The molecule has 1 aliphatic rings. The lowest BCUT2D eigenvalue weighted by atomic mass is 10.2. The number of nitrogens with one attached hydrogen (secondary N) is 2. The van der Waals surface area contributed by atoms with E-state index in [0.29, 0.717) is 18.4 Å². The second-order valence-electron chi connectivity index (χ2n) is 6.80. The van der Waals surface area contributed by atoms with Gasteiger partial charge in [0.05, 0.1) is 7.11 Å². The zero-order valence-electron chi connectivity index (χ0n) is 18.2. The molecule has 0 radical (unpaired) electrons. The van der Waals surface area contributed by atoms with Gasteiger partial charge in [0, 0.05) is 31.9 Å². The first-order valence-corrected chi connectivity index (χ1v) is 11.3. The molecular weight excluding hydrogens is 499 g/mol. The highest BCUT2D eigenvalue weighted by Crippen LogP contribution is 2.28. The SMILES string of the molecule is CCN(CC)CCOc1ccc(CNC(=NC)NCC2CCCS2)cc1OC.I. The third-order valence-corrected chi connectivity index (χ3v) is 6.39. The fraction of sp³-hybridized carbons (Fsp3) is 0.667. The summed E-state index contributed by atoms with van der Waals surface area (Å²) < 4.78 is 11.5. The molecule has 0 amide bonds. The van der Waals surface area contributed by atoms with Crippen molar-refractivity contribution in [2.45, 2.75) is 38.5 Å². The van der Waals surface area contributed by atoms with Crippen LogP contribution >= 0.6 is 35.7 Å². The van der Waals surface area contributed by atoms with Crippen LogP contribution in [0.4, 0.5) is 0 Å². The molecule has 1 saturated heterocycles. The van der Waals surface area contributed by atoms with Crippen LogP contribution in [0.15, 0.2) is 23.2 Å². The van der Waals surface area contributed by atoms with E-state index in [1.165, 1.54) is 18.6 Å². The number of ether oxygens (including phenoxy) is 2. The maximum atomic E-state index is 5.93. The van der Waals surface area contributed by atoms with Gasteiger partial charge in [0.1, 0.15) is 6.61 Å². The number of nitrogens with zero attached hydrogens (tertiary/aromatic N) is 2. The van der Waals surface area contributed by atoms with Crippen molar-refractivity contribution < 1.29 is 9.47 Å². The maximum absolute atomic E-state index is 5.93. The van der Waals surface area contributed by atoms with E-state index < -0.39 is 0 Å². The van der Waals surface area contributed by atoms with Gasteiger partial charge in [-0.3, -0.25) is 4.99 Å². The van der Waals surface area contributed by atoms with Crippen molar-refractivity contribution in [3.8, 4) is 11.5 Å². The number of guanidine groups is 1. The van der Waals surface area contributed by atoms with Gasteiger partial charge < -0.3 is 25.0 Å². The summed E-state index contributed by atoms with van der Waals surface area (Å²) in [6, 6.07) is 6.09. The third-order valence-electron chi connectivity index (χ3n) is 4.99. The summed E-state index contributed by atoms with van der Waals surface area (Å²) in [5.41, 5.74) is 1.13. The van der Waals surface area contributed by atoms with Gasteiger partial charge in [-0.15, -0.1) is 24.0 Å². The van der Waals surface area contributed by atoms with E-state index >= 15 is 0 Å². The number of methoxy groups -OCH3 is 1. The van der Waals surface area contributed by atoms with Crippen molar-refractivity contribution in [1.29, 1.82) is 0 Å². The fourth-order valence-electron chi connectivity index (χ4n) is 3.19. The average Bonchev–Trinajstić information content (AvgIpc) is 3.25. The second kappa shape index (κ2) is 15.0. The zero-order valence-corrected chi connectivity index (χ0v) is 21.3. The van der Waals surface area contributed by atoms with E-state index in [4.69, 9.17) is 9.47 Å². The van der Waals surface area contributed by atoms with Crippen LogP contribution in [0.5, 0.6) is 11.5 Å². The Labute approximate surface area is 197 Å². The second-order valence-corrected chi connectivity index (χ2v) is 8.21. The number of aliphatic imine (C=N–C) groups is 1. The van der Waals surface area contributed by atoms with Gasteiger partial charge in [-0.2, -0.15) is 11.8 Å². The number of likely N-dealkylation sites (N-methyl/N-ethyl adjacent to an activating group) is 1. The Balaban J connectivity index is 0.00000420. The predicted molar refractivity (Wildman–Crippen MR) is 135 cm³/mol. The molecule has 1 fully saturated rings. The van der Waals surface area contributed by atoms with E-state index in [2.05, 4.69) is 40.4 Å². The summed E-state index contributed by atoms with van der Waals surface area (Å²) in [7, 11) is 3.49. The molecule has 0 aliphatic carbocycles. The van der Waals surface area contributed by atoms with Crippen LogP contribution in [0.3, 0.4) is 0 Å². The molecule has 1 unspecified atom stereocenters. The van der Waals surface area contributed by atoms with E-state index in [0.717, 1.165) is 49.2 Å². The molecule has 6 nitrogen and oxygen atoms in total. The van der Waals surface area contributed by atoms with Crippen LogP contribution in [0.1, 0.15) is 32.3 Å². The first-order chi connectivity index (χ1) is 13.7. The summed E-state index contributed by atoms with van der Waals surface area (Å²) in [5, 5.41) is 7.51. The highest BCUT2D eigenvalue weighted by atomic mass is 127. The monoisotopic (exact) mass is 536 g/mol. The zero-order chi connectivity index (χ0) is 20.2. The molecule has 1 atom stereocenters. The lowest BCUT2D eigenvalue weighted by Gasteiger charge is -2.19. The first-order valence-electron chi connectivity index (χ1n) is 10.3. The van der Waals surface area contributed by atoms with E-state index in [1.807, 2.05) is 30.9 Å². The molecule has 166 valence electrons. The quantitative estimate of drug-likeness (QED) is 0.256. The van der Waals surface area contributed by atoms with Crippen molar-refractivity contribution in [1.82, 2.24) is 15.5 Å². The number of hydrogen-bond acceptors (Lipinski definition) is 5. The van der Waals surface area contributed by atoms with Crippen molar-refractivity contribution in [3.05, 3.63) is 23.8 Å². The number of rotatable bonds is 11. The molecule has 1 heterocycles. The highest BCUT2D eigenvalue weighted by Gasteiger charge is 2.15. The van der Waals surface area contributed by atoms with E-state index in [-0.39, 0.29) is 24.0 Å². The fourth-order valence-corrected chi connectivity index (χ4v) is 4.39. The minimum atomic E-state index is 0. The normalized spacial score (nSPS) is 16.4. The number of thioether (sulfide) groups is 1. The Morgan fingerprint density at radius 2 is 2.03 bits per heavy atom. The molecule has 0 saturated carbocycles. The van der Waals surface area contributed by atoms with Crippen molar-refractivity contribution in [2.75, 3.05) is 52.7 Å². The summed E-state index contributed by atoms with van der Waals surface area (Å²) in [6.07, 6.45) is 2.62. The Bertz CT molecular complexity index is 608. The minimum absolute atomic E-state index is 0. The summed E-state index contributed by atoms with van der Waals surface area (Å²) in [6.45, 7) is 9.64. The van der Waals surface area contributed by atoms with Crippen LogP contribution < -0.4 is 20.1 Å².